The van der Waals surface area contributed by atoms with Crippen molar-refractivity contribution >= 4 is 27.1 Å². The number of nitriles is 1. The Morgan fingerprint density at radius 3 is 2.76 bits per heavy atom. The molecule has 0 unspecified atom stereocenters. The second-order valence-electron chi connectivity index (χ2n) is 5.41. The van der Waals surface area contributed by atoms with Gasteiger partial charge in [-0.2, -0.15) is 5.26 Å². The standard InChI is InChI=1S/C16H17N3OS/c17-10-12(14(20)11-19-8-4-1-5-9-19)16-18-13-6-2-3-7-15(13)21-16/h2-3,6-7,20H,1,4-5,8-9,11H2/p+1/b14-12-. The van der Waals surface area contributed by atoms with E-state index < -0.39 is 0 Å². The van der Waals surface area contributed by atoms with Crippen LogP contribution < -0.4 is 4.90 Å². The minimum Gasteiger partial charge on any atom is -0.506 e. The van der Waals surface area contributed by atoms with Crippen molar-refractivity contribution in [3.8, 4) is 6.07 Å². The first-order chi connectivity index (χ1) is 10.3. The molecule has 1 aromatic carbocycles. The molecular formula is C16H18N3OS+. The van der Waals surface area contributed by atoms with Crippen molar-refractivity contribution in [2.45, 2.75) is 19.3 Å². The van der Waals surface area contributed by atoms with Gasteiger partial charge in [0.25, 0.3) is 0 Å². The molecule has 0 bridgehead atoms. The van der Waals surface area contributed by atoms with Gasteiger partial charge in [0, 0.05) is 0 Å². The molecule has 0 amide bonds. The molecule has 0 radical (unpaired) electrons. The summed E-state index contributed by atoms with van der Waals surface area (Å²) < 4.78 is 1.04. The van der Waals surface area contributed by atoms with E-state index >= 15 is 0 Å². The highest BCUT2D eigenvalue weighted by atomic mass is 32.1. The first-order valence-corrected chi connectivity index (χ1v) is 8.11. The Kier molecular flexibility index (Phi) is 4.18. The molecule has 1 saturated heterocycles. The van der Waals surface area contributed by atoms with Crippen LogP contribution in [0.3, 0.4) is 0 Å². The lowest BCUT2D eigenvalue weighted by Gasteiger charge is -2.23. The van der Waals surface area contributed by atoms with E-state index in [1.165, 1.54) is 35.5 Å². The summed E-state index contributed by atoms with van der Waals surface area (Å²) in [6.45, 7) is 2.67. The molecule has 1 aliphatic heterocycles. The molecular weight excluding hydrogens is 282 g/mol. The molecule has 5 heteroatoms. The number of benzene rings is 1. The van der Waals surface area contributed by atoms with Crippen molar-refractivity contribution in [2.24, 2.45) is 0 Å². The third-order valence-electron chi connectivity index (χ3n) is 3.89. The number of piperidine rings is 1. The van der Waals surface area contributed by atoms with E-state index in [0.717, 1.165) is 23.3 Å². The minimum atomic E-state index is 0.174. The van der Waals surface area contributed by atoms with Gasteiger partial charge >= 0.3 is 0 Å². The van der Waals surface area contributed by atoms with Gasteiger partial charge in [0.05, 0.1) is 23.3 Å². The van der Waals surface area contributed by atoms with Crippen molar-refractivity contribution < 1.29 is 10.0 Å². The summed E-state index contributed by atoms with van der Waals surface area (Å²) in [5.74, 6) is 0.174. The molecule has 2 N–H and O–H groups in total. The van der Waals surface area contributed by atoms with Gasteiger partial charge in [0.15, 0.2) is 5.76 Å². The fourth-order valence-electron chi connectivity index (χ4n) is 2.77. The van der Waals surface area contributed by atoms with E-state index in [-0.39, 0.29) is 5.76 Å². The van der Waals surface area contributed by atoms with Crippen molar-refractivity contribution in [1.29, 1.82) is 5.26 Å². The summed E-state index contributed by atoms with van der Waals surface area (Å²) in [6.07, 6.45) is 3.67. The molecule has 0 saturated carbocycles. The van der Waals surface area contributed by atoms with Crippen molar-refractivity contribution in [3.05, 3.63) is 35.0 Å². The molecule has 108 valence electrons. The van der Waals surface area contributed by atoms with Gasteiger partial charge in [-0.3, -0.25) is 0 Å². The molecule has 1 aliphatic rings. The highest BCUT2D eigenvalue weighted by Crippen LogP contribution is 2.27. The molecule has 0 aliphatic carbocycles. The number of nitrogens with one attached hydrogen (secondary N) is 1. The van der Waals surface area contributed by atoms with E-state index in [9.17, 15) is 10.4 Å². The monoisotopic (exact) mass is 300 g/mol. The normalized spacial score (nSPS) is 17.5. The smallest absolute Gasteiger partial charge is 0.168 e. The molecule has 1 aromatic heterocycles. The van der Waals surface area contributed by atoms with Gasteiger partial charge in [-0.1, -0.05) is 12.1 Å². The fraction of sp³-hybridized carbons (Fsp3) is 0.375. The van der Waals surface area contributed by atoms with Crippen LogP contribution in [-0.2, 0) is 0 Å². The average Bonchev–Trinajstić information content (AvgIpc) is 2.92. The van der Waals surface area contributed by atoms with Crippen molar-refractivity contribution in [3.63, 3.8) is 0 Å². The summed E-state index contributed by atoms with van der Waals surface area (Å²) in [7, 11) is 0. The predicted octanol–water partition coefficient (Wildman–Crippen LogP) is 2.16. The Morgan fingerprint density at radius 2 is 2.05 bits per heavy atom. The molecule has 4 nitrogen and oxygen atoms in total. The van der Waals surface area contributed by atoms with Gasteiger partial charge in [0.2, 0.25) is 0 Å². The number of allylic oxidation sites excluding steroid dienone is 1. The Balaban J connectivity index is 1.88. The summed E-state index contributed by atoms with van der Waals surface area (Å²) in [4.78, 5) is 5.82. The molecule has 3 rings (SSSR count). The minimum absolute atomic E-state index is 0.174. The van der Waals surface area contributed by atoms with Crippen molar-refractivity contribution in [1.82, 2.24) is 4.98 Å². The second kappa shape index (κ2) is 6.25. The highest BCUT2D eigenvalue weighted by Gasteiger charge is 2.20. The van der Waals surface area contributed by atoms with Gasteiger partial charge < -0.3 is 10.0 Å². The number of aliphatic hydroxyl groups excluding tert-OH is 1. The van der Waals surface area contributed by atoms with Crippen LogP contribution >= 0.6 is 11.3 Å². The number of quaternary nitrogens is 1. The number of para-hydroxylation sites is 1. The summed E-state index contributed by atoms with van der Waals surface area (Å²) in [5, 5.41) is 20.4. The SMILES string of the molecule is N#C/C(=C(/O)C[NH+]1CCCCC1)c1nc2ccccc2s1. The number of nitrogens with zero attached hydrogens (tertiary/aromatic N) is 2. The van der Waals surface area contributed by atoms with E-state index in [2.05, 4.69) is 11.1 Å². The molecule has 2 heterocycles. The van der Waals surface area contributed by atoms with E-state index in [1.54, 1.807) is 0 Å². The van der Waals surface area contributed by atoms with Crippen LogP contribution in [0.5, 0.6) is 0 Å². The molecule has 2 aromatic rings. The van der Waals surface area contributed by atoms with Gasteiger partial charge in [-0.05, 0) is 31.4 Å². The lowest BCUT2D eigenvalue weighted by molar-refractivity contribution is -0.901. The number of thiazole rings is 1. The highest BCUT2D eigenvalue weighted by molar-refractivity contribution is 7.19. The Morgan fingerprint density at radius 1 is 1.29 bits per heavy atom. The quantitative estimate of drug-likeness (QED) is 0.674. The number of likely N-dealkylation sites (tertiary alicyclic amines) is 1. The maximum Gasteiger partial charge on any atom is 0.168 e. The Hall–Kier alpha value is -1.90. The third kappa shape index (κ3) is 3.07. The second-order valence-corrected chi connectivity index (χ2v) is 6.44. The van der Waals surface area contributed by atoms with Gasteiger partial charge in [-0.25, -0.2) is 4.98 Å². The molecule has 0 atom stereocenters. The van der Waals surface area contributed by atoms with E-state index in [0.29, 0.717) is 17.1 Å². The first kappa shape index (κ1) is 14.1. The lowest BCUT2D eigenvalue weighted by Crippen LogP contribution is -3.13. The van der Waals surface area contributed by atoms with Crippen LogP contribution in [0.1, 0.15) is 24.3 Å². The van der Waals surface area contributed by atoms with Crippen LogP contribution in [0.15, 0.2) is 30.0 Å². The Labute approximate surface area is 128 Å². The van der Waals surface area contributed by atoms with Gasteiger partial charge in [-0.15, -0.1) is 11.3 Å². The number of hydrogen-bond acceptors (Lipinski definition) is 4. The van der Waals surface area contributed by atoms with E-state index in [1.807, 2.05) is 24.3 Å². The maximum atomic E-state index is 10.3. The lowest BCUT2D eigenvalue weighted by atomic mass is 10.1. The number of aliphatic hydroxyl groups is 1. The summed E-state index contributed by atoms with van der Waals surface area (Å²) in [6, 6.07) is 9.93. The summed E-state index contributed by atoms with van der Waals surface area (Å²) in [5.41, 5.74) is 1.21. The topological polar surface area (TPSA) is 61.3 Å². The predicted molar refractivity (Wildman–Crippen MR) is 84.2 cm³/mol. The maximum absolute atomic E-state index is 10.3. The third-order valence-corrected chi connectivity index (χ3v) is 4.94. The fourth-order valence-corrected chi connectivity index (χ4v) is 3.75. The van der Waals surface area contributed by atoms with Crippen LogP contribution in [-0.4, -0.2) is 29.7 Å². The number of fused-ring (bicyclic) bond motifs is 1. The largest absolute Gasteiger partial charge is 0.506 e. The van der Waals surface area contributed by atoms with E-state index in [4.69, 9.17) is 0 Å². The summed E-state index contributed by atoms with van der Waals surface area (Å²) >= 11 is 1.46. The molecule has 0 spiro atoms. The number of aromatic nitrogens is 1. The van der Waals surface area contributed by atoms with Crippen LogP contribution in [0.4, 0.5) is 0 Å². The van der Waals surface area contributed by atoms with Gasteiger partial charge in [0.1, 0.15) is 23.2 Å². The zero-order chi connectivity index (χ0) is 14.7. The van der Waals surface area contributed by atoms with Crippen LogP contribution in [0.2, 0.25) is 0 Å². The van der Waals surface area contributed by atoms with Crippen LogP contribution in [0, 0.1) is 11.3 Å². The zero-order valence-corrected chi connectivity index (χ0v) is 12.6. The number of hydrogen-bond donors (Lipinski definition) is 2. The van der Waals surface area contributed by atoms with Crippen molar-refractivity contribution in [2.75, 3.05) is 19.6 Å². The zero-order valence-electron chi connectivity index (χ0n) is 11.8. The van der Waals surface area contributed by atoms with Crippen LogP contribution in [0.25, 0.3) is 15.8 Å². The molecule has 21 heavy (non-hydrogen) atoms. The molecule has 1 fully saturated rings. The Bertz CT molecular complexity index is 675. The average molecular weight is 300 g/mol. The first-order valence-electron chi connectivity index (χ1n) is 7.29. The number of rotatable bonds is 3.